The van der Waals surface area contributed by atoms with E-state index in [2.05, 4.69) is 4.98 Å². The Hall–Kier alpha value is -1.87. The molecule has 0 saturated heterocycles. The number of ketones is 1. The Balaban J connectivity index is 2.57. The summed E-state index contributed by atoms with van der Waals surface area (Å²) in [4.78, 5) is 17.1. The average Bonchev–Trinajstić information content (AvgIpc) is 2.52. The molecule has 21 heavy (non-hydrogen) atoms. The van der Waals surface area contributed by atoms with Crippen molar-refractivity contribution in [3.8, 4) is 0 Å². The molecule has 0 aliphatic rings. The summed E-state index contributed by atoms with van der Waals surface area (Å²) < 4.78 is 0. The van der Waals surface area contributed by atoms with Crippen LogP contribution >= 0.6 is 11.6 Å². The largest absolute Gasteiger partial charge is 0.383 e. The zero-order valence-electron chi connectivity index (χ0n) is 12.3. The zero-order chi connectivity index (χ0) is 15.5. The molecule has 0 aliphatic heterocycles. The number of halogens is 1. The van der Waals surface area contributed by atoms with Crippen molar-refractivity contribution in [3.63, 3.8) is 0 Å². The lowest BCUT2D eigenvalue weighted by Gasteiger charge is -2.31. The lowest BCUT2D eigenvalue weighted by Crippen LogP contribution is -2.35. The second-order valence-electron chi connectivity index (χ2n) is 5.07. The van der Waals surface area contributed by atoms with E-state index < -0.39 is 5.41 Å². The molecule has 0 fully saturated rings. The number of rotatable bonds is 5. The van der Waals surface area contributed by atoms with Gasteiger partial charge in [0, 0.05) is 6.20 Å². The van der Waals surface area contributed by atoms with Gasteiger partial charge in [-0.15, -0.1) is 0 Å². The Bertz CT molecular complexity index is 636. The van der Waals surface area contributed by atoms with Crippen molar-refractivity contribution in [2.24, 2.45) is 0 Å². The van der Waals surface area contributed by atoms with Gasteiger partial charge in [-0.3, -0.25) is 4.79 Å². The molecule has 1 aromatic carbocycles. The molecule has 0 amide bonds. The Labute approximate surface area is 130 Å². The molecule has 0 bridgehead atoms. The van der Waals surface area contributed by atoms with Crippen molar-refractivity contribution < 1.29 is 4.79 Å². The van der Waals surface area contributed by atoms with Crippen molar-refractivity contribution in [1.29, 1.82) is 0 Å². The van der Waals surface area contributed by atoms with Gasteiger partial charge in [0.15, 0.2) is 5.78 Å². The highest BCUT2D eigenvalue weighted by Gasteiger charge is 2.38. The maximum atomic E-state index is 13.1. The van der Waals surface area contributed by atoms with Crippen molar-refractivity contribution >= 4 is 23.2 Å². The van der Waals surface area contributed by atoms with Gasteiger partial charge in [0.05, 0.1) is 16.0 Å². The van der Waals surface area contributed by atoms with Crippen LogP contribution in [0.25, 0.3) is 0 Å². The number of carbonyl (C=O) groups excluding carboxylic acids is 1. The van der Waals surface area contributed by atoms with Crippen LogP contribution in [0.2, 0.25) is 5.02 Å². The molecule has 2 aromatic rings. The van der Waals surface area contributed by atoms with Crippen LogP contribution in [0.15, 0.2) is 42.6 Å². The second-order valence-corrected chi connectivity index (χ2v) is 5.51. The standard InChI is InChI=1S/C17H19ClN2O/c1-3-17(4-2,12-8-6-5-7-9-12)15(21)14-10-13(18)11-20-16(14)19/h5-11H,3-4H2,1-2H3,(H2,19,20). The lowest BCUT2D eigenvalue weighted by atomic mass is 9.70. The smallest absolute Gasteiger partial charge is 0.177 e. The quantitative estimate of drug-likeness (QED) is 0.840. The molecule has 3 nitrogen and oxygen atoms in total. The molecule has 1 aromatic heterocycles. The number of pyridine rings is 1. The minimum atomic E-state index is -0.595. The molecule has 1 heterocycles. The number of hydrogen-bond acceptors (Lipinski definition) is 3. The molecule has 2 N–H and O–H groups in total. The predicted octanol–water partition coefficient (Wildman–Crippen LogP) is 4.26. The number of carbonyl (C=O) groups is 1. The third-order valence-corrected chi connectivity index (χ3v) is 4.30. The number of nitrogen functional groups attached to an aromatic ring is 1. The summed E-state index contributed by atoms with van der Waals surface area (Å²) in [6.07, 6.45) is 2.84. The Kier molecular flexibility index (Phi) is 4.63. The number of anilines is 1. The SMILES string of the molecule is CCC(CC)(C(=O)c1cc(Cl)cnc1N)c1ccccc1. The summed E-state index contributed by atoms with van der Waals surface area (Å²) >= 11 is 5.97. The minimum Gasteiger partial charge on any atom is -0.383 e. The third kappa shape index (κ3) is 2.79. The van der Waals surface area contributed by atoms with Crippen LogP contribution in [0.4, 0.5) is 5.82 Å². The van der Waals surface area contributed by atoms with Crippen LogP contribution in [0.3, 0.4) is 0 Å². The van der Waals surface area contributed by atoms with Gasteiger partial charge >= 0.3 is 0 Å². The topological polar surface area (TPSA) is 56.0 Å². The predicted molar refractivity (Wildman–Crippen MR) is 86.7 cm³/mol. The Morgan fingerprint density at radius 1 is 1.24 bits per heavy atom. The highest BCUT2D eigenvalue weighted by molar-refractivity contribution is 6.31. The van der Waals surface area contributed by atoms with E-state index in [4.69, 9.17) is 17.3 Å². The van der Waals surface area contributed by atoms with Gasteiger partial charge in [-0.1, -0.05) is 55.8 Å². The minimum absolute atomic E-state index is 0.0220. The van der Waals surface area contributed by atoms with Crippen LogP contribution in [-0.2, 0) is 5.41 Å². The number of aromatic nitrogens is 1. The van der Waals surface area contributed by atoms with Gasteiger partial charge in [-0.05, 0) is 24.5 Å². The number of benzene rings is 1. The van der Waals surface area contributed by atoms with Gasteiger partial charge in [-0.2, -0.15) is 0 Å². The maximum Gasteiger partial charge on any atom is 0.177 e. The van der Waals surface area contributed by atoms with E-state index in [1.54, 1.807) is 6.07 Å². The van der Waals surface area contributed by atoms with E-state index in [1.807, 2.05) is 44.2 Å². The van der Waals surface area contributed by atoms with Crippen LogP contribution in [0.5, 0.6) is 0 Å². The van der Waals surface area contributed by atoms with Crippen LogP contribution in [0.1, 0.15) is 42.6 Å². The number of nitrogens with zero attached hydrogens (tertiary/aromatic N) is 1. The molecular weight excluding hydrogens is 284 g/mol. The molecule has 2 rings (SSSR count). The summed E-state index contributed by atoms with van der Waals surface area (Å²) in [5.74, 6) is 0.206. The molecule has 0 saturated carbocycles. The molecular formula is C17H19ClN2O. The van der Waals surface area contributed by atoms with Crippen LogP contribution < -0.4 is 5.73 Å². The number of Topliss-reactive ketones (excluding diaryl/α,β-unsaturated/α-hetero) is 1. The number of hydrogen-bond donors (Lipinski definition) is 1. The monoisotopic (exact) mass is 302 g/mol. The van der Waals surface area contributed by atoms with Crippen molar-refractivity contribution in [3.05, 3.63) is 58.7 Å². The van der Waals surface area contributed by atoms with E-state index in [0.29, 0.717) is 23.4 Å². The van der Waals surface area contributed by atoms with Crippen molar-refractivity contribution in [2.45, 2.75) is 32.1 Å². The average molecular weight is 303 g/mol. The fourth-order valence-corrected chi connectivity index (χ4v) is 2.92. The summed E-state index contributed by atoms with van der Waals surface area (Å²) in [6.45, 7) is 4.03. The highest BCUT2D eigenvalue weighted by atomic mass is 35.5. The molecule has 0 spiro atoms. The summed E-state index contributed by atoms with van der Waals surface area (Å²) in [7, 11) is 0. The van der Waals surface area contributed by atoms with Gasteiger partial charge in [-0.25, -0.2) is 4.98 Å². The second kappa shape index (κ2) is 6.27. The first-order valence-corrected chi connectivity index (χ1v) is 7.44. The molecule has 0 radical (unpaired) electrons. The van der Waals surface area contributed by atoms with Crippen molar-refractivity contribution in [1.82, 2.24) is 4.98 Å². The van der Waals surface area contributed by atoms with E-state index in [-0.39, 0.29) is 11.6 Å². The molecule has 0 aliphatic carbocycles. The van der Waals surface area contributed by atoms with Crippen molar-refractivity contribution in [2.75, 3.05) is 5.73 Å². The van der Waals surface area contributed by atoms with Gasteiger partial charge < -0.3 is 5.73 Å². The molecule has 110 valence electrons. The fourth-order valence-electron chi connectivity index (χ4n) is 2.76. The molecule has 4 heteroatoms. The van der Waals surface area contributed by atoms with Gasteiger partial charge in [0.1, 0.15) is 5.82 Å². The normalized spacial score (nSPS) is 11.4. The van der Waals surface area contributed by atoms with Crippen LogP contribution in [-0.4, -0.2) is 10.8 Å². The van der Waals surface area contributed by atoms with E-state index in [9.17, 15) is 4.79 Å². The Morgan fingerprint density at radius 3 is 2.43 bits per heavy atom. The lowest BCUT2D eigenvalue weighted by molar-refractivity contribution is 0.0873. The van der Waals surface area contributed by atoms with Gasteiger partial charge in [0.2, 0.25) is 0 Å². The highest BCUT2D eigenvalue weighted by Crippen LogP contribution is 2.36. The molecule has 0 unspecified atom stereocenters. The summed E-state index contributed by atoms with van der Waals surface area (Å²) in [5.41, 5.74) is 6.69. The first-order chi connectivity index (χ1) is 10.0. The Morgan fingerprint density at radius 2 is 1.86 bits per heavy atom. The molecule has 0 atom stereocenters. The fraction of sp³-hybridized carbons (Fsp3) is 0.294. The first kappa shape index (κ1) is 15.5. The van der Waals surface area contributed by atoms with Crippen LogP contribution in [0, 0.1) is 0 Å². The van der Waals surface area contributed by atoms with E-state index >= 15 is 0 Å². The summed E-state index contributed by atoms with van der Waals surface area (Å²) in [5, 5.41) is 0.418. The first-order valence-electron chi connectivity index (χ1n) is 7.06. The summed E-state index contributed by atoms with van der Waals surface area (Å²) in [6, 6.07) is 11.4. The zero-order valence-corrected chi connectivity index (χ0v) is 13.0. The van der Waals surface area contributed by atoms with E-state index in [0.717, 1.165) is 5.56 Å². The maximum absolute atomic E-state index is 13.1. The third-order valence-electron chi connectivity index (χ3n) is 4.10. The van der Waals surface area contributed by atoms with E-state index in [1.165, 1.54) is 6.20 Å². The number of nitrogens with two attached hydrogens (primary N) is 1. The van der Waals surface area contributed by atoms with Gasteiger partial charge in [0.25, 0.3) is 0 Å².